The Bertz CT molecular complexity index is 698. The molecule has 1 fully saturated rings. The molecule has 0 radical (unpaired) electrons. The zero-order valence-electron chi connectivity index (χ0n) is 13.5. The van der Waals surface area contributed by atoms with Gasteiger partial charge in [-0.05, 0) is 44.7 Å². The number of aromatic nitrogens is 2. The molecule has 1 aliphatic rings. The van der Waals surface area contributed by atoms with Crippen LogP contribution < -0.4 is 10.1 Å². The molecule has 1 amide bonds. The van der Waals surface area contributed by atoms with Crippen molar-refractivity contribution < 1.29 is 13.9 Å². The van der Waals surface area contributed by atoms with E-state index in [0.29, 0.717) is 5.56 Å². The third-order valence-electron chi connectivity index (χ3n) is 4.16. The van der Waals surface area contributed by atoms with Gasteiger partial charge in [0.25, 0.3) is 5.91 Å². The highest BCUT2D eigenvalue weighted by Crippen LogP contribution is 2.22. The fraction of sp³-hybridized carbons (Fsp3) is 0.389. The molecule has 1 aromatic heterocycles. The zero-order chi connectivity index (χ0) is 16.9. The second-order valence-corrected chi connectivity index (χ2v) is 6.12. The monoisotopic (exact) mass is 329 g/mol. The van der Waals surface area contributed by atoms with Gasteiger partial charge in [-0.2, -0.15) is 0 Å². The van der Waals surface area contributed by atoms with Gasteiger partial charge in [-0.15, -0.1) is 0 Å². The second-order valence-electron chi connectivity index (χ2n) is 6.12. The minimum absolute atomic E-state index is 0.00239. The molecular weight excluding hydrogens is 309 g/mol. The summed E-state index contributed by atoms with van der Waals surface area (Å²) in [4.78, 5) is 19.9. The van der Waals surface area contributed by atoms with Crippen LogP contribution in [0, 0.1) is 12.7 Å². The lowest BCUT2D eigenvalue weighted by Crippen LogP contribution is -2.39. The van der Waals surface area contributed by atoms with Gasteiger partial charge >= 0.3 is 6.01 Å². The Morgan fingerprint density at radius 2 is 1.92 bits per heavy atom. The van der Waals surface area contributed by atoms with Crippen LogP contribution in [0.25, 0.3) is 0 Å². The molecule has 0 bridgehead atoms. The highest BCUT2D eigenvalue weighted by Gasteiger charge is 2.24. The first-order chi connectivity index (χ1) is 11.6. The number of rotatable bonds is 4. The number of benzene rings is 1. The summed E-state index contributed by atoms with van der Waals surface area (Å²) in [5, 5.41) is 3.08. The van der Waals surface area contributed by atoms with Crippen molar-refractivity contribution in [3.63, 3.8) is 0 Å². The number of amides is 1. The normalized spacial score (nSPS) is 20.4. The minimum atomic E-state index is -0.482. The van der Waals surface area contributed by atoms with Gasteiger partial charge in [0.05, 0.1) is 12.4 Å². The number of ether oxygens (including phenoxy) is 1. The number of hydrogen-bond acceptors (Lipinski definition) is 4. The van der Waals surface area contributed by atoms with Gasteiger partial charge < -0.3 is 10.1 Å². The van der Waals surface area contributed by atoms with Crippen molar-refractivity contribution in [1.29, 1.82) is 0 Å². The Kier molecular flexibility index (Phi) is 5.03. The number of nitrogens with zero attached hydrogens (tertiary/aromatic N) is 2. The summed E-state index contributed by atoms with van der Waals surface area (Å²) in [6.07, 6.45) is 5.47. The number of carbonyl (C=O) groups is 1. The molecule has 1 heterocycles. The Morgan fingerprint density at radius 3 is 2.58 bits per heavy atom. The average Bonchev–Trinajstić information content (AvgIpc) is 2.59. The number of halogens is 1. The lowest BCUT2D eigenvalue weighted by Gasteiger charge is -2.28. The number of aryl methyl sites for hydroxylation is 1. The Balaban J connectivity index is 1.48. The van der Waals surface area contributed by atoms with E-state index in [1.54, 1.807) is 0 Å². The molecule has 1 saturated carbocycles. The maximum atomic E-state index is 12.8. The molecule has 126 valence electrons. The molecule has 24 heavy (non-hydrogen) atoms. The molecular formula is C18H20FN3O2. The summed E-state index contributed by atoms with van der Waals surface area (Å²) in [7, 11) is 0. The average molecular weight is 329 g/mol. The van der Waals surface area contributed by atoms with Crippen molar-refractivity contribution in [3.8, 4) is 6.01 Å². The lowest BCUT2D eigenvalue weighted by molar-refractivity contribution is 0.0885. The van der Waals surface area contributed by atoms with Crippen LogP contribution in [0.2, 0.25) is 0 Å². The van der Waals surface area contributed by atoms with Gasteiger partial charge in [-0.25, -0.2) is 14.4 Å². The van der Waals surface area contributed by atoms with Crippen molar-refractivity contribution in [2.24, 2.45) is 0 Å². The SMILES string of the molecule is Cc1cccc(C(=O)NC2CCC(Oc3ncc(F)cn3)CC2)c1. The third kappa shape index (κ3) is 4.28. The second kappa shape index (κ2) is 7.38. The molecule has 0 spiro atoms. The first kappa shape index (κ1) is 16.4. The molecule has 1 aliphatic carbocycles. The van der Waals surface area contributed by atoms with E-state index in [4.69, 9.17) is 4.74 Å². The topological polar surface area (TPSA) is 64.1 Å². The van der Waals surface area contributed by atoms with Crippen molar-refractivity contribution in [2.75, 3.05) is 0 Å². The molecule has 1 N–H and O–H groups in total. The number of carbonyl (C=O) groups excluding carboxylic acids is 1. The minimum Gasteiger partial charge on any atom is -0.460 e. The van der Waals surface area contributed by atoms with Crippen LogP contribution in [0.4, 0.5) is 4.39 Å². The number of hydrogen-bond donors (Lipinski definition) is 1. The van der Waals surface area contributed by atoms with E-state index in [9.17, 15) is 9.18 Å². The molecule has 0 saturated heterocycles. The van der Waals surface area contributed by atoms with Gasteiger partial charge in [0.1, 0.15) is 6.10 Å². The zero-order valence-corrected chi connectivity index (χ0v) is 13.5. The summed E-state index contributed by atoms with van der Waals surface area (Å²) < 4.78 is 18.4. The van der Waals surface area contributed by atoms with Crippen LogP contribution in [-0.4, -0.2) is 28.0 Å². The molecule has 5 nitrogen and oxygen atoms in total. The van der Waals surface area contributed by atoms with Gasteiger partial charge in [0.2, 0.25) is 0 Å². The summed E-state index contributed by atoms with van der Waals surface area (Å²) >= 11 is 0. The van der Waals surface area contributed by atoms with Crippen LogP contribution >= 0.6 is 0 Å². The van der Waals surface area contributed by atoms with Crippen LogP contribution in [0.5, 0.6) is 6.01 Å². The fourth-order valence-corrected chi connectivity index (χ4v) is 2.89. The largest absolute Gasteiger partial charge is 0.460 e. The maximum absolute atomic E-state index is 12.8. The van der Waals surface area contributed by atoms with E-state index >= 15 is 0 Å². The van der Waals surface area contributed by atoms with E-state index in [1.165, 1.54) is 0 Å². The predicted molar refractivity (Wildman–Crippen MR) is 87.3 cm³/mol. The van der Waals surface area contributed by atoms with Crippen molar-refractivity contribution in [1.82, 2.24) is 15.3 Å². The quantitative estimate of drug-likeness (QED) is 0.936. The van der Waals surface area contributed by atoms with Gasteiger partial charge in [-0.3, -0.25) is 4.79 Å². The van der Waals surface area contributed by atoms with Crippen LogP contribution in [-0.2, 0) is 0 Å². The highest BCUT2D eigenvalue weighted by molar-refractivity contribution is 5.94. The highest BCUT2D eigenvalue weighted by atomic mass is 19.1. The molecule has 0 unspecified atom stereocenters. The van der Waals surface area contributed by atoms with Crippen LogP contribution in [0.1, 0.15) is 41.6 Å². The van der Waals surface area contributed by atoms with Crippen molar-refractivity contribution in [2.45, 2.75) is 44.8 Å². The van der Waals surface area contributed by atoms with Crippen molar-refractivity contribution in [3.05, 3.63) is 53.6 Å². The number of nitrogens with one attached hydrogen (secondary N) is 1. The molecule has 2 aromatic rings. The van der Waals surface area contributed by atoms with Gasteiger partial charge in [0, 0.05) is 11.6 Å². The molecule has 0 atom stereocenters. The molecule has 1 aromatic carbocycles. The third-order valence-corrected chi connectivity index (χ3v) is 4.16. The lowest BCUT2D eigenvalue weighted by atomic mass is 9.92. The Labute approximate surface area is 140 Å². The first-order valence-electron chi connectivity index (χ1n) is 8.12. The summed E-state index contributed by atoms with van der Waals surface area (Å²) in [6, 6.07) is 7.91. The first-order valence-corrected chi connectivity index (χ1v) is 8.12. The van der Waals surface area contributed by atoms with Crippen LogP contribution in [0.15, 0.2) is 36.7 Å². The Morgan fingerprint density at radius 1 is 1.21 bits per heavy atom. The van der Waals surface area contributed by atoms with E-state index in [2.05, 4.69) is 15.3 Å². The van der Waals surface area contributed by atoms with E-state index in [1.807, 2.05) is 31.2 Å². The van der Waals surface area contributed by atoms with E-state index < -0.39 is 5.82 Å². The molecule has 6 heteroatoms. The summed E-state index contributed by atoms with van der Waals surface area (Å²) in [6.45, 7) is 1.97. The predicted octanol–water partition coefficient (Wildman–Crippen LogP) is 3.04. The Hall–Kier alpha value is -2.50. The van der Waals surface area contributed by atoms with Gasteiger partial charge in [0.15, 0.2) is 5.82 Å². The van der Waals surface area contributed by atoms with E-state index in [0.717, 1.165) is 43.6 Å². The molecule has 3 rings (SSSR count). The maximum Gasteiger partial charge on any atom is 0.316 e. The summed E-state index contributed by atoms with van der Waals surface area (Å²) in [5.41, 5.74) is 1.76. The standard InChI is InChI=1S/C18H20FN3O2/c1-12-3-2-4-13(9-12)17(23)22-15-5-7-16(8-6-15)24-18-20-10-14(19)11-21-18/h2-4,9-11,15-16H,5-8H2,1H3,(H,22,23). The fourth-order valence-electron chi connectivity index (χ4n) is 2.89. The van der Waals surface area contributed by atoms with E-state index in [-0.39, 0.29) is 24.1 Å². The van der Waals surface area contributed by atoms with Crippen LogP contribution in [0.3, 0.4) is 0 Å². The molecule has 0 aliphatic heterocycles. The summed E-state index contributed by atoms with van der Waals surface area (Å²) in [5.74, 6) is -0.519. The van der Waals surface area contributed by atoms with Crippen molar-refractivity contribution >= 4 is 5.91 Å². The smallest absolute Gasteiger partial charge is 0.316 e. The van der Waals surface area contributed by atoms with Gasteiger partial charge in [-0.1, -0.05) is 17.7 Å².